The first-order valence-electron chi connectivity index (χ1n) is 7.41. The topological polar surface area (TPSA) is 55.0 Å². The third kappa shape index (κ3) is 2.99. The summed E-state index contributed by atoms with van der Waals surface area (Å²) in [7, 11) is 0. The van der Waals surface area contributed by atoms with E-state index in [4.69, 9.17) is 10.7 Å². The van der Waals surface area contributed by atoms with Gasteiger partial charge in [-0.3, -0.25) is 0 Å². The highest BCUT2D eigenvalue weighted by molar-refractivity contribution is 5.56. The molecule has 0 bridgehead atoms. The summed E-state index contributed by atoms with van der Waals surface area (Å²) in [5, 5.41) is 0. The minimum atomic E-state index is 0.313. The smallest absolute Gasteiger partial charge is 0.137 e. The van der Waals surface area contributed by atoms with Crippen molar-refractivity contribution in [2.45, 2.75) is 52.9 Å². The molecule has 19 heavy (non-hydrogen) atoms. The van der Waals surface area contributed by atoms with Gasteiger partial charge in [0.1, 0.15) is 17.5 Å². The van der Waals surface area contributed by atoms with Crippen LogP contribution in [0.1, 0.15) is 57.3 Å². The summed E-state index contributed by atoms with van der Waals surface area (Å²) in [6, 6.07) is 0. The number of aromatic nitrogens is 2. The molecule has 1 aromatic heterocycles. The Morgan fingerprint density at radius 1 is 1.37 bits per heavy atom. The third-order valence-electron chi connectivity index (χ3n) is 4.09. The maximum absolute atomic E-state index is 6.06. The highest BCUT2D eigenvalue weighted by Gasteiger charge is 2.22. The first-order chi connectivity index (χ1) is 9.02. The van der Waals surface area contributed by atoms with Crippen LogP contribution in [0, 0.1) is 12.8 Å². The zero-order valence-corrected chi connectivity index (χ0v) is 12.6. The van der Waals surface area contributed by atoms with Gasteiger partial charge >= 0.3 is 0 Å². The fourth-order valence-corrected chi connectivity index (χ4v) is 2.70. The van der Waals surface area contributed by atoms with E-state index in [1.54, 1.807) is 0 Å². The van der Waals surface area contributed by atoms with Crippen LogP contribution in [-0.2, 0) is 0 Å². The Balaban J connectivity index is 2.32. The molecule has 0 aromatic carbocycles. The Morgan fingerprint density at radius 3 is 2.74 bits per heavy atom. The third-order valence-corrected chi connectivity index (χ3v) is 4.09. The molecule has 1 aliphatic heterocycles. The van der Waals surface area contributed by atoms with Crippen molar-refractivity contribution in [3.63, 3.8) is 0 Å². The highest BCUT2D eigenvalue weighted by atomic mass is 15.2. The summed E-state index contributed by atoms with van der Waals surface area (Å²) < 4.78 is 0. The summed E-state index contributed by atoms with van der Waals surface area (Å²) in [6.07, 6.45) is 3.83. The van der Waals surface area contributed by atoms with Crippen molar-refractivity contribution in [2.24, 2.45) is 5.92 Å². The summed E-state index contributed by atoms with van der Waals surface area (Å²) in [5.74, 6) is 3.64. The molecule has 1 unspecified atom stereocenters. The number of nitrogens with zero attached hydrogens (tertiary/aromatic N) is 3. The first kappa shape index (κ1) is 14.1. The second-order valence-electron chi connectivity index (χ2n) is 5.93. The first-order valence-corrected chi connectivity index (χ1v) is 7.41. The van der Waals surface area contributed by atoms with Crippen LogP contribution in [0.15, 0.2) is 0 Å². The zero-order chi connectivity index (χ0) is 14.0. The van der Waals surface area contributed by atoms with Crippen molar-refractivity contribution < 1.29 is 0 Å². The van der Waals surface area contributed by atoms with E-state index >= 15 is 0 Å². The largest absolute Gasteiger partial charge is 0.383 e. The maximum atomic E-state index is 6.06. The van der Waals surface area contributed by atoms with Gasteiger partial charge in [0.25, 0.3) is 0 Å². The summed E-state index contributed by atoms with van der Waals surface area (Å²) >= 11 is 0. The van der Waals surface area contributed by atoms with Crippen LogP contribution < -0.4 is 10.6 Å². The van der Waals surface area contributed by atoms with Gasteiger partial charge in [0.15, 0.2) is 0 Å². The highest BCUT2D eigenvalue weighted by Crippen LogP contribution is 2.29. The van der Waals surface area contributed by atoms with E-state index in [0.717, 1.165) is 36.2 Å². The average Bonchev–Trinajstić information content (AvgIpc) is 2.41. The van der Waals surface area contributed by atoms with Crippen molar-refractivity contribution in [1.29, 1.82) is 0 Å². The van der Waals surface area contributed by atoms with E-state index in [2.05, 4.69) is 30.7 Å². The second-order valence-corrected chi connectivity index (χ2v) is 5.93. The molecule has 0 spiro atoms. The van der Waals surface area contributed by atoms with E-state index in [9.17, 15) is 0 Å². The predicted molar refractivity (Wildman–Crippen MR) is 80.5 cm³/mol. The van der Waals surface area contributed by atoms with Gasteiger partial charge in [0.05, 0.1) is 0 Å². The van der Waals surface area contributed by atoms with Crippen LogP contribution >= 0.6 is 0 Å². The molecule has 2 rings (SSSR count). The number of anilines is 2. The number of nitrogen functional groups attached to an aromatic ring is 1. The van der Waals surface area contributed by atoms with E-state index in [1.807, 2.05) is 6.92 Å². The van der Waals surface area contributed by atoms with Crippen LogP contribution in [-0.4, -0.2) is 23.1 Å². The SMILES string of the molecule is CCC1CCCN(c2nc(C(C)C)nc(N)c2C)C1. The molecule has 1 aromatic rings. The Morgan fingerprint density at radius 2 is 2.11 bits per heavy atom. The molecular weight excluding hydrogens is 236 g/mol. The van der Waals surface area contributed by atoms with Crippen molar-refractivity contribution in [2.75, 3.05) is 23.7 Å². The van der Waals surface area contributed by atoms with Crippen molar-refractivity contribution in [1.82, 2.24) is 9.97 Å². The number of hydrogen-bond donors (Lipinski definition) is 1. The van der Waals surface area contributed by atoms with Crippen LogP contribution in [0.5, 0.6) is 0 Å². The van der Waals surface area contributed by atoms with Gasteiger partial charge in [-0.2, -0.15) is 0 Å². The lowest BCUT2D eigenvalue weighted by Gasteiger charge is -2.34. The number of nitrogens with two attached hydrogens (primary N) is 1. The Hall–Kier alpha value is -1.32. The Kier molecular flexibility index (Phi) is 4.27. The van der Waals surface area contributed by atoms with Crippen molar-refractivity contribution in [3.8, 4) is 0 Å². The normalized spacial score (nSPS) is 20.1. The monoisotopic (exact) mass is 262 g/mol. The molecule has 0 aliphatic carbocycles. The summed E-state index contributed by atoms with van der Waals surface area (Å²) in [6.45, 7) is 10.7. The van der Waals surface area contributed by atoms with Crippen molar-refractivity contribution in [3.05, 3.63) is 11.4 Å². The summed E-state index contributed by atoms with van der Waals surface area (Å²) in [4.78, 5) is 11.6. The molecule has 106 valence electrons. The lowest BCUT2D eigenvalue weighted by atomic mass is 9.95. The number of hydrogen-bond acceptors (Lipinski definition) is 4. The minimum absolute atomic E-state index is 0.313. The molecule has 4 nitrogen and oxygen atoms in total. The summed E-state index contributed by atoms with van der Waals surface area (Å²) in [5.41, 5.74) is 7.08. The molecule has 1 aliphatic rings. The van der Waals surface area contributed by atoms with Gasteiger partial charge in [-0.15, -0.1) is 0 Å². The lowest BCUT2D eigenvalue weighted by molar-refractivity contribution is 0.402. The van der Waals surface area contributed by atoms with Gasteiger partial charge in [-0.25, -0.2) is 9.97 Å². The average molecular weight is 262 g/mol. The Labute approximate surface area is 116 Å². The fraction of sp³-hybridized carbons (Fsp3) is 0.733. The molecular formula is C15H26N4. The van der Waals surface area contributed by atoms with E-state index in [0.29, 0.717) is 11.7 Å². The Bertz CT molecular complexity index is 442. The van der Waals surface area contributed by atoms with E-state index in [-0.39, 0.29) is 0 Å². The van der Waals surface area contributed by atoms with E-state index < -0.39 is 0 Å². The molecule has 4 heteroatoms. The van der Waals surface area contributed by atoms with Gasteiger partial charge in [0, 0.05) is 24.6 Å². The lowest BCUT2D eigenvalue weighted by Crippen LogP contribution is -2.36. The van der Waals surface area contributed by atoms with Gasteiger partial charge < -0.3 is 10.6 Å². The molecule has 2 heterocycles. The zero-order valence-electron chi connectivity index (χ0n) is 12.6. The fourth-order valence-electron chi connectivity index (χ4n) is 2.70. The predicted octanol–water partition coefficient (Wildman–Crippen LogP) is 3.12. The van der Waals surface area contributed by atoms with Gasteiger partial charge in [-0.05, 0) is 25.7 Å². The molecule has 0 amide bonds. The van der Waals surface area contributed by atoms with Crippen molar-refractivity contribution >= 4 is 11.6 Å². The van der Waals surface area contributed by atoms with E-state index in [1.165, 1.54) is 19.3 Å². The molecule has 1 atom stereocenters. The van der Waals surface area contributed by atoms with Gasteiger partial charge in [-0.1, -0.05) is 27.2 Å². The molecule has 1 fully saturated rings. The molecule has 1 saturated heterocycles. The minimum Gasteiger partial charge on any atom is -0.383 e. The molecule has 0 saturated carbocycles. The standard InChI is InChI=1S/C15H26N4/c1-5-12-7-6-8-19(9-12)15-11(4)13(16)17-14(18-15)10(2)3/h10,12H,5-9H2,1-4H3,(H2,16,17,18). The molecule has 2 N–H and O–H groups in total. The number of piperidine rings is 1. The van der Waals surface area contributed by atoms with Crippen LogP contribution in [0.25, 0.3) is 0 Å². The van der Waals surface area contributed by atoms with Crippen LogP contribution in [0.3, 0.4) is 0 Å². The second kappa shape index (κ2) is 5.76. The number of rotatable bonds is 3. The van der Waals surface area contributed by atoms with Gasteiger partial charge in [0.2, 0.25) is 0 Å². The van der Waals surface area contributed by atoms with Crippen LogP contribution in [0.4, 0.5) is 11.6 Å². The quantitative estimate of drug-likeness (QED) is 0.909. The molecule has 0 radical (unpaired) electrons. The maximum Gasteiger partial charge on any atom is 0.137 e. The van der Waals surface area contributed by atoms with Crippen LogP contribution in [0.2, 0.25) is 0 Å².